The van der Waals surface area contributed by atoms with Crippen molar-refractivity contribution in [3.05, 3.63) is 0 Å². The molecule has 1 spiro atoms. The third-order valence-corrected chi connectivity index (χ3v) is 3.91. The van der Waals surface area contributed by atoms with E-state index in [4.69, 9.17) is 14.2 Å². The molecule has 1 N–H and O–H groups in total. The van der Waals surface area contributed by atoms with Gasteiger partial charge in [-0.15, -0.1) is 0 Å². The van der Waals surface area contributed by atoms with E-state index in [9.17, 15) is 4.79 Å². The van der Waals surface area contributed by atoms with Crippen LogP contribution in [0.1, 0.15) is 33.6 Å². The van der Waals surface area contributed by atoms with E-state index in [0.717, 1.165) is 25.9 Å². The van der Waals surface area contributed by atoms with Crippen molar-refractivity contribution in [1.82, 2.24) is 10.2 Å². The molecular formula is C15H28N2O4. The van der Waals surface area contributed by atoms with Gasteiger partial charge >= 0.3 is 6.09 Å². The van der Waals surface area contributed by atoms with Gasteiger partial charge in [-0.3, -0.25) is 0 Å². The van der Waals surface area contributed by atoms with Crippen LogP contribution in [0.15, 0.2) is 0 Å². The number of piperidine rings is 1. The van der Waals surface area contributed by atoms with Crippen molar-refractivity contribution in [1.29, 1.82) is 0 Å². The normalized spacial score (nSPS) is 25.9. The predicted octanol–water partition coefficient (Wildman–Crippen LogP) is 1.39. The van der Waals surface area contributed by atoms with Gasteiger partial charge in [0.15, 0.2) is 0 Å². The summed E-state index contributed by atoms with van der Waals surface area (Å²) in [6.45, 7) is 9.29. The van der Waals surface area contributed by atoms with Crippen LogP contribution in [0.3, 0.4) is 0 Å². The average Bonchev–Trinajstić information content (AvgIpc) is 2.38. The Morgan fingerprint density at radius 1 is 1.38 bits per heavy atom. The van der Waals surface area contributed by atoms with Gasteiger partial charge in [0, 0.05) is 33.3 Å². The van der Waals surface area contributed by atoms with Gasteiger partial charge < -0.3 is 24.4 Å². The molecule has 0 saturated carbocycles. The summed E-state index contributed by atoms with van der Waals surface area (Å²) < 4.78 is 16.8. The van der Waals surface area contributed by atoms with Gasteiger partial charge in [0.1, 0.15) is 5.60 Å². The molecule has 0 unspecified atom stereocenters. The number of carbonyl (C=O) groups excluding carboxylic acids is 1. The maximum atomic E-state index is 12.1. The molecule has 2 fully saturated rings. The number of hydrogen-bond donors (Lipinski definition) is 1. The van der Waals surface area contributed by atoms with Crippen molar-refractivity contribution in [2.45, 2.75) is 50.9 Å². The quantitative estimate of drug-likeness (QED) is 0.835. The van der Waals surface area contributed by atoms with Crippen LogP contribution in [0, 0.1) is 0 Å². The maximum absolute atomic E-state index is 12.1. The highest BCUT2D eigenvalue weighted by Crippen LogP contribution is 2.30. The van der Waals surface area contributed by atoms with E-state index in [1.165, 1.54) is 0 Å². The van der Waals surface area contributed by atoms with Crippen LogP contribution in [0.4, 0.5) is 4.79 Å². The first kappa shape index (κ1) is 16.5. The zero-order chi connectivity index (χ0) is 15.5. The van der Waals surface area contributed by atoms with Crippen molar-refractivity contribution in [2.24, 2.45) is 0 Å². The molecule has 1 atom stereocenters. The third kappa shape index (κ3) is 4.56. The lowest BCUT2D eigenvalue weighted by atomic mass is 9.89. The molecule has 0 radical (unpaired) electrons. The van der Waals surface area contributed by atoms with E-state index in [2.05, 4.69) is 5.32 Å². The minimum Gasteiger partial charge on any atom is -0.444 e. The summed E-state index contributed by atoms with van der Waals surface area (Å²) in [4.78, 5) is 13.9. The fourth-order valence-electron chi connectivity index (χ4n) is 2.89. The first-order chi connectivity index (χ1) is 9.84. The van der Waals surface area contributed by atoms with E-state index in [0.29, 0.717) is 19.7 Å². The minimum absolute atomic E-state index is 0.0943. The molecule has 21 heavy (non-hydrogen) atoms. The topological polar surface area (TPSA) is 60.0 Å². The molecular weight excluding hydrogens is 272 g/mol. The zero-order valence-electron chi connectivity index (χ0n) is 13.6. The molecule has 2 saturated heterocycles. The van der Waals surface area contributed by atoms with Gasteiger partial charge in [-0.2, -0.15) is 0 Å². The van der Waals surface area contributed by atoms with E-state index in [1.54, 1.807) is 12.0 Å². The van der Waals surface area contributed by atoms with Gasteiger partial charge in [-0.1, -0.05) is 0 Å². The number of rotatable bonds is 2. The highest BCUT2D eigenvalue weighted by atomic mass is 16.6. The molecule has 2 rings (SSSR count). The number of nitrogens with one attached hydrogen (secondary N) is 1. The molecule has 122 valence electrons. The van der Waals surface area contributed by atoms with Crippen LogP contribution in [0.25, 0.3) is 0 Å². The van der Waals surface area contributed by atoms with Crippen LogP contribution < -0.4 is 5.32 Å². The Labute approximate surface area is 127 Å². The molecule has 2 aliphatic rings. The molecule has 2 heterocycles. The van der Waals surface area contributed by atoms with Crippen molar-refractivity contribution >= 4 is 6.09 Å². The molecule has 6 heteroatoms. The molecule has 6 nitrogen and oxygen atoms in total. The van der Waals surface area contributed by atoms with E-state index < -0.39 is 5.60 Å². The first-order valence-electron chi connectivity index (χ1n) is 7.69. The number of morpholine rings is 1. The predicted molar refractivity (Wildman–Crippen MR) is 79.4 cm³/mol. The van der Waals surface area contributed by atoms with Crippen molar-refractivity contribution in [2.75, 3.05) is 39.9 Å². The van der Waals surface area contributed by atoms with Crippen LogP contribution in [0.2, 0.25) is 0 Å². The lowest BCUT2D eigenvalue weighted by Gasteiger charge is -2.46. The summed E-state index contributed by atoms with van der Waals surface area (Å²) in [7, 11) is 1.69. The van der Waals surface area contributed by atoms with Crippen LogP contribution in [0.5, 0.6) is 0 Å². The number of likely N-dealkylation sites (tertiary alicyclic amines) is 1. The second kappa shape index (κ2) is 6.50. The number of ether oxygens (including phenoxy) is 3. The second-order valence-corrected chi connectivity index (χ2v) is 6.98. The first-order valence-corrected chi connectivity index (χ1v) is 7.69. The smallest absolute Gasteiger partial charge is 0.410 e. The Morgan fingerprint density at radius 2 is 2.05 bits per heavy atom. The van der Waals surface area contributed by atoms with Crippen molar-refractivity contribution in [3.8, 4) is 0 Å². The third-order valence-electron chi connectivity index (χ3n) is 3.91. The lowest BCUT2D eigenvalue weighted by molar-refractivity contribution is -0.154. The maximum Gasteiger partial charge on any atom is 0.410 e. The number of hydrogen-bond acceptors (Lipinski definition) is 5. The molecule has 0 aliphatic carbocycles. The number of nitrogens with zero attached hydrogens (tertiary/aromatic N) is 1. The summed E-state index contributed by atoms with van der Waals surface area (Å²) >= 11 is 0. The zero-order valence-corrected chi connectivity index (χ0v) is 13.6. The standard InChI is InChI=1S/C15H28N2O4/c1-14(2,3)21-13(18)17-7-5-15(6-8-17)11-16-9-12(20-15)10-19-4/h12,16H,5-11H2,1-4H3/t12-/m0/s1. The van der Waals surface area contributed by atoms with E-state index >= 15 is 0 Å². The molecule has 1 amide bonds. The van der Waals surface area contributed by atoms with Crippen LogP contribution in [-0.4, -0.2) is 68.2 Å². The fraction of sp³-hybridized carbons (Fsp3) is 0.933. The summed E-state index contributed by atoms with van der Waals surface area (Å²) in [5.41, 5.74) is -0.612. The number of methoxy groups -OCH3 is 1. The Bertz CT molecular complexity index is 357. The SMILES string of the molecule is COC[C@@H]1CNCC2(CCN(C(=O)OC(C)(C)C)CC2)O1. The van der Waals surface area contributed by atoms with Crippen LogP contribution >= 0.6 is 0 Å². The summed E-state index contributed by atoms with van der Waals surface area (Å²) in [5, 5.41) is 3.42. The van der Waals surface area contributed by atoms with Gasteiger partial charge in [0.25, 0.3) is 0 Å². The van der Waals surface area contributed by atoms with Crippen molar-refractivity contribution < 1.29 is 19.0 Å². The van der Waals surface area contributed by atoms with E-state index in [-0.39, 0.29) is 17.8 Å². The van der Waals surface area contributed by atoms with Gasteiger partial charge in [-0.25, -0.2) is 4.79 Å². The highest BCUT2D eigenvalue weighted by Gasteiger charge is 2.41. The molecule has 0 aromatic carbocycles. The Kier molecular flexibility index (Phi) is 5.11. The summed E-state index contributed by atoms with van der Waals surface area (Å²) in [5.74, 6) is 0. The average molecular weight is 300 g/mol. The lowest BCUT2D eigenvalue weighted by Crippen LogP contribution is -2.59. The van der Waals surface area contributed by atoms with E-state index in [1.807, 2.05) is 20.8 Å². The summed E-state index contributed by atoms with van der Waals surface area (Å²) in [6.07, 6.45) is 1.53. The molecule has 0 aromatic heterocycles. The Hall–Kier alpha value is -0.850. The fourth-order valence-corrected chi connectivity index (χ4v) is 2.89. The van der Waals surface area contributed by atoms with Gasteiger partial charge in [0.05, 0.1) is 18.3 Å². The minimum atomic E-state index is -0.446. The Morgan fingerprint density at radius 3 is 2.62 bits per heavy atom. The molecule has 0 aromatic rings. The van der Waals surface area contributed by atoms with Crippen LogP contribution in [-0.2, 0) is 14.2 Å². The monoisotopic (exact) mass is 300 g/mol. The van der Waals surface area contributed by atoms with Gasteiger partial charge in [-0.05, 0) is 33.6 Å². The molecule has 2 aliphatic heterocycles. The highest BCUT2D eigenvalue weighted by molar-refractivity contribution is 5.68. The second-order valence-electron chi connectivity index (χ2n) is 6.98. The number of amides is 1. The largest absolute Gasteiger partial charge is 0.444 e. The Balaban J connectivity index is 1.86. The molecule has 0 bridgehead atoms. The van der Waals surface area contributed by atoms with Crippen molar-refractivity contribution in [3.63, 3.8) is 0 Å². The number of carbonyl (C=O) groups is 1. The summed E-state index contributed by atoms with van der Waals surface area (Å²) in [6, 6.07) is 0. The van der Waals surface area contributed by atoms with Gasteiger partial charge in [0.2, 0.25) is 0 Å².